The zero-order valence-electron chi connectivity index (χ0n) is 16.6. The van der Waals surface area contributed by atoms with Crippen LogP contribution in [0.1, 0.15) is 11.3 Å². The number of nitrogens with one attached hydrogen (secondary N) is 1. The minimum Gasteiger partial charge on any atom is -0.508 e. The quantitative estimate of drug-likeness (QED) is 0.520. The van der Waals surface area contributed by atoms with E-state index in [1.807, 2.05) is 13.0 Å². The number of nitrogens with zero attached hydrogens (tertiary/aromatic N) is 4. The van der Waals surface area contributed by atoms with E-state index in [-0.39, 0.29) is 22.6 Å². The smallest absolute Gasteiger partial charge is 0.196 e. The number of anilines is 1. The summed E-state index contributed by atoms with van der Waals surface area (Å²) >= 11 is 0. The number of aromatic amines is 1. The molecule has 0 amide bonds. The molecule has 0 radical (unpaired) electrons. The number of furan rings is 1. The first-order chi connectivity index (χ1) is 15.1. The summed E-state index contributed by atoms with van der Waals surface area (Å²) in [4.78, 5) is 6.52. The van der Waals surface area contributed by atoms with Crippen molar-refractivity contribution in [2.45, 2.75) is 6.92 Å². The predicted molar refractivity (Wildman–Crippen MR) is 111 cm³/mol. The number of nitriles is 1. The van der Waals surface area contributed by atoms with Gasteiger partial charge in [-0.15, -0.1) is 0 Å². The van der Waals surface area contributed by atoms with Gasteiger partial charge in [0.05, 0.1) is 35.4 Å². The number of H-pyrrole nitrogens is 1. The zero-order chi connectivity index (χ0) is 21.5. The van der Waals surface area contributed by atoms with Crippen molar-refractivity contribution >= 4 is 16.9 Å². The molecule has 31 heavy (non-hydrogen) atoms. The molecule has 3 aromatic heterocycles. The summed E-state index contributed by atoms with van der Waals surface area (Å²) in [6.07, 6.45) is 0. The van der Waals surface area contributed by atoms with Gasteiger partial charge in [0, 0.05) is 36.5 Å². The van der Waals surface area contributed by atoms with E-state index in [1.165, 1.54) is 12.1 Å². The largest absolute Gasteiger partial charge is 0.508 e. The summed E-state index contributed by atoms with van der Waals surface area (Å²) in [5, 5.41) is 27.4. The lowest BCUT2D eigenvalue weighted by atomic mass is 9.96. The van der Waals surface area contributed by atoms with E-state index in [2.05, 4.69) is 26.2 Å². The highest BCUT2D eigenvalue weighted by atomic mass is 19.1. The Bertz CT molecular complexity index is 1330. The van der Waals surface area contributed by atoms with Gasteiger partial charge in [0.15, 0.2) is 11.5 Å². The minimum absolute atomic E-state index is 0.0955. The maximum atomic E-state index is 14.7. The lowest BCUT2D eigenvalue weighted by Crippen LogP contribution is -2.35. The third kappa shape index (κ3) is 3.17. The molecular weight excluding hydrogens is 401 g/mol. The van der Waals surface area contributed by atoms with E-state index in [9.17, 15) is 14.8 Å². The van der Waals surface area contributed by atoms with Crippen LogP contribution in [0.4, 0.5) is 10.3 Å². The Hall–Kier alpha value is -3.90. The summed E-state index contributed by atoms with van der Waals surface area (Å²) < 4.78 is 26.2. The second-order valence-corrected chi connectivity index (χ2v) is 7.27. The first-order valence-electron chi connectivity index (χ1n) is 9.77. The van der Waals surface area contributed by atoms with Crippen LogP contribution in [0.15, 0.2) is 34.7 Å². The number of ether oxygens (including phenoxy) is 1. The van der Waals surface area contributed by atoms with Gasteiger partial charge < -0.3 is 19.2 Å². The number of rotatable bonds is 3. The Morgan fingerprint density at radius 1 is 1.23 bits per heavy atom. The topological polar surface area (TPSA) is 111 Å². The number of aromatic hydroxyl groups is 1. The van der Waals surface area contributed by atoms with Crippen molar-refractivity contribution in [1.29, 1.82) is 5.26 Å². The van der Waals surface area contributed by atoms with E-state index in [0.717, 1.165) is 11.8 Å². The van der Waals surface area contributed by atoms with E-state index in [4.69, 9.17) is 9.15 Å². The average molecular weight is 419 g/mol. The minimum atomic E-state index is -0.685. The Morgan fingerprint density at radius 3 is 2.77 bits per heavy atom. The molecule has 1 aromatic carbocycles. The number of pyridine rings is 1. The Labute approximate surface area is 176 Å². The molecule has 0 aliphatic carbocycles. The number of morpholine rings is 1. The van der Waals surface area contributed by atoms with E-state index in [0.29, 0.717) is 54.5 Å². The molecule has 4 heterocycles. The Balaban J connectivity index is 1.75. The summed E-state index contributed by atoms with van der Waals surface area (Å²) in [6.45, 7) is 4.47. The van der Waals surface area contributed by atoms with Crippen LogP contribution in [0.2, 0.25) is 0 Å². The molecule has 0 atom stereocenters. The molecular formula is C22H18FN5O3. The number of phenols is 1. The number of phenolic OH excluding ortho intramolecular Hbond substituents is 1. The van der Waals surface area contributed by atoms with Gasteiger partial charge >= 0.3 is 0 Å². The molecule has 1 fully saturated rings. The van der Waals surface area contributed by atoms with Gasteiger partial charge in [0.25, 0.3) is 0 Å². The van der Waals surface area contributed by atoms with E-state index >= 15 is 0 Å². The first kappa shape index (κ1) is 19.1. The van der Waals surface area contributed by atoms with Crippen LogP contribution in [-0.4, -0.2) is 46.6 Å². The second kappa shape index (κ2) is 7.41. The summed E-state index contributed by atoms with van der Waals surface area (Å²) in [6, 6.07) is 9.55. The van der Waals surface area contributed by atoms with Gasteiger partial charge in [-0.25, -0.2) is 9.37 Å². The highest BCUT2D eigenvalue weighted by Gasteiger charge is 2.25. The third-order valence-corrected chi connectivity index (χ3v) is 5.36. The number of hydrogen-bond acceptors (Lipinski definition) is 7. The number of aryl methyl sites for hydroxylation is 1. The Kier molecular flexibility index (Phi) is 4.56. The molecule has 0 unspecified atom stereocenters. The predicted octanol–water partition coefficient (Wildman–Crippen LogP) is 3.75. The average Bonchev–Trinajstić information content (AvgIpc) is 3.40. The Morgan fingerprint density at radius 2 is 2.03 bits per heavy atom. The van der Waals surface area contributed by atoms with Crippen LogP contribution in [0.5, 0.6) is 5.75 Å². The van der Waals surface area contributed by atoms with Gasteiger partial charge in [0.1, 0.15) is 23.4 Å². The van der Waals surface area contributed by atoms with Crippen LogP contribution >= 0.6 is 0 Å². The maximum absolute atomic E-state index is 14.7. The second-order valence-electron chi connectivity index (χ2n) is 7.27. The van der Waals surface area contributed by atoms with Crippen LogP contribution in [-0.2, 0) is 4.74 Å². The lowest BCUT2D eigenvalue weighted by Gasteiger charge is -2.26. The van der Waals surface area contributed by atoms with Crippen molar-refractivity contribution in [3.63, 3.8) is 0 Å². The fourth-order valence-electron chi connectivity index (χ4n) is 3.86. The number of fused-ring (bicyclic) bond motifs is 1. The van der Waals surface area contributed by atoms with Gasteiger partial charge in [-0.3, -0.25) is 5.10 Å². The maximum Gasteiger partial charge on any atom is 0.196 e. The van der Waals surface area contributed by atoms with Crippen LogP contribution < -0.4 is 4.90 Å². The monoisotopic (exact) mass is 419 g/mol. The molecule has 5 rings (SSSR count). The summed E-state index contributed by atoms with van der Waals surface area (Å²) in [5.74, 6) is 0.244. The number of aromatic nitrogens is 3. The number of hydrogen-bond donors (Lipinski definition) is 2. The molecule has 156 valence electrons. The molecule has 1 aliphatic rings. The number of benzene rings is 1. The van der Waals surface area contributed by atoms with Crippen LogP contribution in [0.3, 0.4) is 0 Å². The molecule has 1 saturated heterocycles. The van der Waals surface area contributed by atoms with Crippen molar-refractivity contribution in [3.8, 4) is 34.4 Å². The lowest BCUT2D eigenvalue weighted by molar-refractivity contribution is 0.121. The van der Waals surface area contributed by atoms with Gasteiger partial charge in [-0.05, 0) is 25.1 Å². The zero-order valence-corrected chi connectivity index (χ0v) is 16.6. The molecule has 8 nitrogen and oxygen atoms in total. The molecule has 2 N–H and O–H groups in total. The molecule has 0 spiro atoms. The van der Waals surface area contributed by atoms with Crippen molar-refractivity contribution in [2.75, 3.05) is 31.2 Å². The standard InChI is InChI=1S/C22H18FN5O3/c1-12-19-20(17-4-5-18(31-17)28-6-8-30-9-7-28)15(11-24)21(25-22(19)27-26-12)14-3-2-13(29)10-16(14)23/h2-5,10,29H,6-9H2,1H3,(H,25,26,27). The highest BCUT2D eigenvalue weighted by Crippen LogP contribution is 2.40. The van der Waals surface area contributed by atoms with Gasteiger partial charge in [-0.1, -0.05) is 0 Å². The van der Waals surface area contributed by atoms with Crippen LogP contribution in [0.25, 0.3) is 33.6 Å². The van der Waals surface area contributed by atoms with Crippen molar-refractivity contribution in [1.82, 2.24) is 15.2 Å². The SMILES string of the molecule is Cc1[nH]nc2nc(-c3ccc(O)cc3F)c(C#N)c(-c3ccc(N4CCOCC4)o3)c12. The molecule has 1 aliphatic heterocycles. The fourth-order valence-corrected chi connectivity index (χ4v) is 3.86. The van der Waals surface area contributed by atoms with E-state index < -0.39 is 5.82 Å². The van der Waals surface area contributed by atoms with Gasteiger partial charge in [0.2, 0.25) is 0 Å². The molecule has 0 bridgehead atoms. The van der Waals surface area contributed by atoms with Crippen molar-refractivity contribution in [3.05, 3.63) is 47.4 Å². The summed E-state index contributed by atoms with van der Waals surface area (Å²) in [5.41, 5.74) is 1.97. The highest BCUT2D eigenvalue weighted by molar-refractivity contribution is 5.99. The van der Waals surface area contributed by atoms with Crippen molar-refractivity contribution in [2.24, 2.45) is 0 Å². The molecule has 0 saturated carbocycles. The van der Waals surface area contributed by atoms with Crippen molar-refractivity contribution < 1.29 is 18.7 Å². The van der Waals surface area contributed by atoms with E-state index in [1.54, 1.807) is 6.07 Å². The van der Waals surface area contributed by atoms with Gasteiger partial charge in [-0.2, -0.15) is 10.4 Å². The molecule has 4 aromatic rings. The summed E-state index contributed by atoms with van der Waals surface area (Å²) in [7, 11) is 0. The normalized spacial score (nSPS) is 14.2. The fraction of sp³-hybridized carbons (Fsp3) is 0.227. The molecule has 9 heteroatoms. The number of halogens is 1. The third-order valence-electron chi connectivity index (χ3n) is 5.36. The van der Waals surface area contributed by atoms with Crippen LogP contribution in [0, 0.1) is 24.1 Å². The first-order valence-corrected chi connectivity index (χ1v) is 9.77.